The molecule has 3 rings (SSSR count). The summed E-state index contributed by atoms with van der Waals surface area (Å²) in [5.74, 6) is 1.74. The van der Waals surface area contributed by atoms with Crippen LogP contribution in [0.4, 0.5) is 11.8 Å². The first-order valence-electron chi connectivity index (χ1n) is 7.95. The van der Waals surface area contributed by atoms with E-state index in [2.05, 4.69) is 19.8 Å². The monoisotopic (exact) mass is 318 g/mol. The molecule has 0 spiro atoms. The molecule has 23 heavy (non-hydrogen) atoms. The number of aromatic nitrogens is 2. The minimum Gasteiger partial charge on any atom is -0.353 e. The maximum absolute atomic E-state index is 11.4. The maximum Gasteiger partial charge on any atom is 0.227 e. The second-order valence-corrected chi connectivity index (χ2v) is 5.84. The van der Waals surface area contributed by atoms with Crippen molar-refractivity contribution in [2.75, 3.05) is 62.2 Å². The number of carbonyl (C=O) groups excluding carboxylic acids is 2. The van der Waals surface area contributed by atoms with Crippen LogP contribution in [-0.4, -0.2) is 84.4 Å². The third-order valence-corrected chi connectivity index (χ3v) is 4.42. The Bertz CT molecular complexity index is 565. The molecule has 0 bridgehead atoms. The van der Waals surface area contributed by atoms with Gasteiger partial charge in [-0.2, -0.15) is 4.98 Å². The highest BCUT2D eigenvalue weighted by molar-refractivity contribution is 5.73. The van der Waals surface area contributed by atoms with Crippen LogP contribution in [0.3, 0.4) is 0 Å². The van der Waals surface area contributed by atoms with Crippen molar-refractivity contribution in [2.45, 2.75) is 6.92 Å². The highest BCUT2D eigenvalue weighted by Gasteiger charge is 2.22. The van der Waals surface area contributed by atoms with E-state index in [0.29, 0.717) is 19.0 Å². The lowest BCUT2D eigenvalue weighted by Crippen LogP contribution is -2.48. The Morgan fingerprint density at radius 3 is 2.30 bits per heavy atom. The first-order chi connectivity index (χ1) is 11.2. The molecule has 3 heterocycles. The van der Waals surface area contributed by atoms with Crippen molar-refractivity contribution < 1.29 is 9.59 Å². The van der Waals surface area contributed by atoms with Gasteiger partial charge in [-0.3, -0.25) is 9.59 Å². The quantitative estimate of drug-likeness (QED) is 0.695. The Hall–Kier alpha value is -2.38. The van der Waals surface area contributed by atoms with Crippen LogP contribution in [0.15, 0.2) is 12.3 Å². The second-order valence-electron chi connectivity index (χ2n) is 5.84. The highest BCUT2D eigenvalue weighted by atomic mass is 16.2. The average molecular weight is 318 g/mol. The van der Waals surface area contributed by atoms with Gasteiger partial charge in [0.05, 0.1) is 0 Å². The standard InChI is InChI=1S/C15H22N6O2/c1-13(23)19-8-10-20(11-9-19)14-2-3-16-15(17-14)21-6-4-18(12-22)5-7-21/h2-3,12H,4-11H2,1H3. The molecular weight excluding hydrogens is 296 g/mol. The molecule has 2 amide bonds. The Morgan fingerprint density at radius 1 is 1.04 bits per heavy atom. The molecule has 1 aromatic rings. The SMILES string of the molecule is CC(=O)N1CCN(c2ccnc(N3CCN(C=O)CC3)n2)CC1. The van der Waals surface area contributed by atoms with Gasteiger partial charge in [0.25, 0.3) is 0 Å². The topological polar surface area (TPSA) is 72.9 Å². The Morgan fingerprint density at radius 2 is 1.70 bits per heavy atom. The first-order valence-corrected chi connectivity index (χ1v) is 7.95. The van der Waals surface area contributed by atoms with Gasteiger partial charge >= 0.3 is 0 Å². The third kappa shape index (κ3) is 3.52. The van der Waals surface area contributed by atoms with Crippen molar-refractivity contribution in [1.29, 1.82) is 0 Å². The molecular formula is C15H22N6O2. The van der Waals surface area contributed by atoms with E-state index in [-0.39, 0.29) is 5.91 Å². The lowest BCUT2D eigenvalue weighted by atomic mass is 10.3. The minimum atomic E-state index is 0.126. The molecule has 0 unspecified atom stereocenters. The summed E-state index contributed by atoms with van der Waals surface area (Å²) >= 11 is 0. The van der Waals surface area contributed by atoms with Gasteiger partial charge in [0, 0.05) is 65.5 Å². The molecule has 0 saturated carbocycles. The Labute approximate surface area is 135 Å². The molecule has 0 aliphatic carbocycles. The minimum absolute atomic E-state index is 0.126. The van der Waals surface area contributed by atoms with Crippen molar-refractivity contribution in [3.8, 4) is 0 Å². The van der Waals surface area contributed by atoms with Gasteiger partial charge < -0.3 is 19.6 Å². The van der Waals surface area contributed by atoms with E-state index in [9.17, 15) is 9.59 Å². The van der Waals surface area contributed by atoms with Gasteiger partial charge in [0.1, 0.15) is 5.82 Å². The lowest BCUT2D eigenvalue weighted by molar-refractivity contribution is -0.129. The maximum atomic E-state index is 11.4. The molecule has 2 fully saturated rings. The average Bonchev–Trinajstić information content (AvgIpc) is 2.62. The van der Waals surface area contributed by atoms with E-state index in [1.807, 2.05) is 11.0 Å². The number of nitrogens with zero attached hydrogens (tertiary/aromatic N) is 6. The van der Waals surface area contributed by atoms with Crippen molar-refractivity contribution in [2.24, 2.45) is 0 Å². The smallest absolute Gasteiger partial charge is 0.227 e. The molecule has 2 saturated heterocycles. The Balaban J connectivity index is 1.64. The summed E-state index contributed by atoms with van der Waals surface area (Å²) in [6.07, 6.45) is 2.67. The first kappa shape index (κ1) is 15.5. The fraction of sp³-hybridized carbons (Fsp3) is 0.600. The number of rotatable bonds is 3. The highest BCUT2D eigenvalue weighted by Crippen LogP contribution is 2.17. The Kier molecular flexibility index (Phi) is 4.59. The fourth-order valence-electron chi connectivity index (χ4n) is 2.95. The van der Waals surface area contributed by atoms with Crippen molar-refractivity contribution >= 4 is 24.1 Å². The van der Waals surface area contributed by atoms with Crippen LogP contribution in [-0.2, 0) is 9.59 Å². The lowest BCUT2D eigenvalue weighted by Gasteiger charge is -2.36. The summed E-state index contributed by atoms with van der Waals surface area (Å²) < 4.78 is 0. The molecule has 2 aliphatic rings. The van der Waals surface area contributed by atoms with Crippen LogP contribution in [0, 0.1) is 0 Å². The molecule has 2 aliphatic heterocycles. The predicted octanol–water partition coefficient (Wildman–Crippen LogP) is -0.576. The zero-order valence-electron chi connectivity index (χ0n) is 13.4. The number of carbonyl (C=O) groups is 2. The number of amides is 2. The fourth-order valence-corrected chi connectivity index (χ4v) is 2.95. The van der Waals surface area contributed by atoms with E-state index < -0.39 is 0 Å². The summed E-state index contributed by atoms with van der Waals surface area (Å²) in [6, 6.07) is 1.91. The molecule has 0 aromatic carbocycles. The van der Waals surface area contributed by atoms with Gasteiger partial charge in [-0.15, -0.1) is 0 Å². The van der Waals surface area contributed by atoms with Crippen molar-refractivity contribution in [3.63, 3.8) is 0 Å². The van der Waals surface area contributed by atoms with E-state index >= 15 is 0 Å². The van der Waals surface area contributed by atoms with Crippen LogP contribution < -0.4 is 9.80 Å². The molecule has 0 N–H and O–H groups in total. The van der Waals surface area contributed by atoms with Crippen molar-refractivity contribution in [1.82, 2.24) is 19.8 Å². The molecule has 8 heteroatoms. The van der Waals surface area contributed by atoms with Gasteiger partial charge in [0.15, 0.2) is 0 Å². The van der Waals surface area contributed by atoms with E-state index in [1.54, 1.807) is 18.0 Å². The van der Waals surface area contributed by atoms with Crippen LogP contribution in [0.5, 0.6) is 0 Å². The summed E-state index contributed by atoms with van der Waals surface area (Å²) in [4.78, 5) is 39.1. The van der Waals surface area contributed by atoms with E-state index in [1.165, 1.54) is 0 Å². The summed E-state index contributed by atoms with van der Waals surface area (Å²) in [6.45, 7) is 7.55. The largest absolute Gasteiger partial charge is 0.353 e. The second kappa shape index (κ2) is 6.80. The van der Waals surface area contributed by atoms with E-state index in [0.717, 1.165) is 51.5 Å². The normalized spacial score (nSPS) is 19.0. The predicted molar refractivity (Wildman–Crippen MR) is 86.3 cm³/mol. The van der Waals surface area contributed by atoms with Crippen molar-refractivity contribution in [3.05, 3.63) is 12.3 Å². The summed E-state index contributed by atoms with van der Waals surface area (Å²) in [5.41, 5.74) is 0. The molecule has 0 radical (unpaired) electrons. The van der Waals surface area contributed by atoms with Gasteiger partial charge in [0.2, 0.25) is 18.3 Å². The third-order valence-electron chi connectivity index (χ3n) is 4.42. The van der Waals surface area contributed by atoms with E-state index in [4.69, 9.17) is 0 Å². The van der Waals surface area contributed by atoms with Crippen LogP contribution in [0.25, 0.3) is 0 Å². The molecule has 8 nitrogen and oxygen atoms in total. The summed E-state index contributed by atoms with van der Waals surface area (Å²) in [7, 11) is 0. The van der Waals surface area contributed by atoms with Gasteiger partial charge in [-0.1, -0.05) is 0 Å². The number of hydrogen-bond acceptors (Lipinski definition) is 6. The number of anilines is 2. The number of piperazine rings is 2. The van der Waals surface area contributed by atoms with Gasteiger partial charge in [-0.05, 0) is 6.07 Å². The molecule has 0 atom stereocenters. The van der Waals surface area contributed by atoms with Crippen LogP contribution >= 0.6 is 0 Å². The zero-order valence-corrected chi connectivity index (χ0v) is 13.4. The van der Waals surface area contributed by atoms with Gasteiger partial charge in [-0.25, -0.2) is 4.98 Å². The van der Waals surface area contributed by atoms with Crippen LogP contribution in [0.2, 0.25) is 0 Å². The molecule has 124 valence electrons. The summed E-state index contributed by atoms with van der Waals surface area (Å²) in [5, 5.41) is 0. The number of hydrogen-bond donors (Lipinski definition) is 0. The zero-order chi connectivity index (χ0) is 16.2. The molecule has 1 aromatic heterocycles. The van der Waals surface area contributed by atoms with Crippen LogP contribution in [0.1, 0.15) is 6.92 Å².